The Hall–Kier alpha value is -2.05. The lowest BCUT2D eigenvalue weighted by atomic mass is 9.78. The molecule has 4 nitrogen and oxygen atoms in total. The van der Waals surface area contributed by atoms with E-state index in [-0.39, 0.29) is 28.3 Å². The molecule has 0 radical (unpaired) electrons. The van der Waals surface area contributed by atoms with Crippen LogP contribution in [0.25, 0.3) is 11.0 Å². The molecule has 0 spiro atoms. The molecular weight excluding hydrogens is 331 g/mol. The van der Waals surface area contributed by atoms with E-state index in [0.29, 0.717) is 6.42 Å². The second-order valence-electron chi connectivity index (χ2n) is 8.01. The van der Waals surface area contributed by atoms with Crippen LogP contribution in [-0.4, -0.2) is 15.5 Å². The zero-order valence-electron chi connectivity index (χ0n) is 14.3. The number of benzene rings is 1. The van der Waals surface area contributed by atoms with Gasteiger partial charge in [0.25, 0.3) is 0 Å². The lowest BCUT2D eigenvalue weighted by Gasteiger charge is -2.41. The molecule has 1 aromatic carbocycles. The summed E-state index contributed by atoms with van der Waals surface area (Å²) in [4.78, 5) is 16.5. The monoisotopic (exact) mass is 351 g/mol. The summed E-state index contributed by atoms with van der Waals surface area (Å²) in [5.41, 5.74) is -0.525. The maximum absolute atomic E-state index is 14.5. The van der Waals surface area contributed by atoms with E-state index in [1.54, 1.807) is 0 Å². The number of carbonyl (C=O) groups is 1. The summed E-state index contributed by atoms with van der Waals surface area (Å²) < 4.78 is 43.4. The minimum Gasteiger partial charge on any atom is -0.301 e. The number of carbonyl (C=O) groups excluding carboxylic acids is 1. The third-order valence-corrected chi connectivity index (χ3v) is 5.69. The van der Waals surface area contributed by atoms with Gasteiger partial charge in [0.1, 0.15) is 5.52 Å². The summed E-state index contributed by atoms with van der Waals surface area (Å²) in [5.74, 6) is -4.10. The lowest BCUT2D eigenvalue weighted by Crippen LogP contribution is -2.38. The normalized spacial score (nSPS) is 20.4. The standard InChI is InChI=1S/C18H20F3N3O/c1-17(6-7-17)9-12(25)23-16-22-11-8-10(19)13(20)14(21)15(11)24(16)18(2)4-3-5-18/h8H,3-7,9H2,1-2H3,(H,22,23,25). The topological polar surface area (TPSA) is 46.9 Å². The van der Waals surface area contributed by atoms with E-state index in [9.17, 15) is 18.0 Å². The number of nitrogens with zero attached hydrogens (tertiary/aromatic N) is 2. The first-order valence-corrected chi connectivity index (χ1v) is 8.59. The van der Waals surface area contributed by atoms with E-state index in [1.807, 2.05) is 13.8 Å². The number of halogens is 3. The minimum absolute atomic E-state index is 0.0115. The highest BCUT2D eigenvalue weighted by Crippen LogP contribution is 2.48. The maximum Gasteiger partial charge on any atom is 0.227 e. The highest BCUT2D eigenvalue weighted by Gasteiger charge is 2.41. The van der Waals surface area contributed by atoms with Crippen molar-refractivity contribution < 1.29 is 18.0 Å². The predicted molar refractivity (Wildman–Crippen MR) is 87.7 cm³/mol. The largest absolute Gasteiger partial charge is 0.301 e. The number of imidazole rings is 1. The molecule has 1 heterocycles. The molecule has 2 aliphatic rings. The van der Waals surface area contributed by atoms with E-state index < -0.39 is 23.0 Å². The van der Waals surface area contributed by atoms with Gasteiger partial charge in [0.2, 0.25) is 11.9 Å². The molecule has 0 bridgehead atoms. The van der Waals surface area contributed by atoms with Gasteiger partial charge >= 0.3 is 0 Å². The molecule has 7 heteroatoms. The fourth-order valence-electron chi connectivity index (χ4n) is 3.61. The fraction of sp³-hybridized carbons (Fsp3) is 0.556. The molecule has 134 valence electrons. The average molecular weight is 351 g/mol. The third kappa shape index (κ3) is 2.60. The van der Waals surface area contributed by atoms with E-state index in [1.165, 1.54) is 4.57 Å². The van der Waals surface area contributed by atoms with Crippen LogP contribution in [0.4, 0.5) is 19.1 Å². The van der Waals surface area contributed by atoms with E-state index >= 15 is 0 Å². The summed E-state index contributed by atoms with van der Waals surface area (Å²) >= 11 is 0. The van der Waals surface area contributed by atoms with E-state index in [4.69, 9.17) is 0 Å². The number of hydrogen-bond donors (Lipinski definition) is 1. The maximum atomic E-state index is 14.5. The summed E-state index contributed by atoms with van der Waals surface area (Å²) in [6, 6.07) is 0.879. The Kier molecular flexibility index (Phi) is 3.43. The molecule has 2 saturated carbocycles. The molecule has 0 unspecified atom stereocenters. The predicted octanol–water partition coefficient (Wildman–Crippen LogP) is 4.48. The van der Waals surface area contributed by atoms with Gasteiger partial charge in [0.15, 0.2) is 17.5 Å². The van der Waals surface area contributed by atoms with Crippen molar-refractivity contribution in [2.24, 2.45) is 5.41 Å². The van der Waals surface area contributed by atoms with Crippen LogP contribution in [0.2, 0.25) is 0 Å². The zero-order valence-corrected chi connectivity index (χ0v) is 14.3. The van der Waals surface area contributed by atoms with E-state index in [0.717, 1.165) is 38.2 Å². The van der Waals surface area contributed by atoms with Crippen LogP contribution >= 0.6 is 0 Å². The van der Waals surface area contributed by atoms with Crippen LogP contribution in [0, 0.1) is 22.9 Å². The number of aromatic nitrogens is 2. The lowest BCUT2D eigenvalue weighted by molar-refractivity contribution is -0.117. The Morgan fingerprint density at radius 3 is 2.44 bits per heavy atom. The first kappa shape index (κ1) is 16.4. The molecule has 0 aliphatic heterocycles. The second kappa shape index (κ2) is 5.22. The number of amides is 1. The molecule has 1 amide bonds. The van der Waals surface area contributed by atoms with Gasteiger partial charge in [-0.25, -0.2) is 18.2 Å². The summed E-state index contributed by atoms with van der Waals surface area (Å²) in [6.45, 7) is 3.95. The van der Waals surface area contributed by atoms with Gasteiger partial charge in [-0.05, 0) is 44.4 Å². The van der Waals surface area contributed by atoms with Gasteiger partial charge < -0.3 is 4.57 Å². The van der Waals surface area contributed by atoms with Crippen LogP contribution in [0.3, 0.4) is 0 Å². The number of anilines is 1. The van der Waals surface area contributed by atoms with Gasteiger partial charge in [0, 0.05) is 18.0 Å². The van der Waals surface area contributed by atoms with Crippen molar-refractivity contribution in [3.63, 3.8) is 0 Å². The second-order valence-corrected chi connectivity index (χ2v) is 8.01. The molecule has 4 rings (SSSR count). The van der Waals surface area contributed by atoms with Crippen LogP contribution in [0.5, 0.6) is 0 Å². The van der Waals surface area contributed by atoms with Crippen molar-refractivity contribution in [3.05, 3.63) is 23.5 Å². The SMILES string of the molecule is CC1(CC(=O)Nc2nc3cc(F)c(F)c(F)c3n2C2(C)CCC2)CC1. The number of hydrogen-bond acceptors (Lipinski definition) is 2. The molecule has 1 aromatic heterocycles. The quantitative estimate of drug-likeness (QED) is 0.826. The summed E-state index contributed by atoms with van der Waals surface area (Å²) in [6.07, 6.45) is 4.83. The Morgan fingerprint density at radius 2 is 1.88 bits per heavy atom. The Morgan fingerprint density at radius 1 is 1.20 bits per heavy atom. The van der Waals surface area contributed by atoms with Gasteiger partial charge in [-0.3, -0.25) is 10.1 Å². The van der Waals surface area contributed by atoms with Crippen molar-refractivity contribution in [3.8, 4) is 0 Å². The molecule has 0 atom stereocenters. The molecule has 0 saturated heterocycles. The molecule has 2 fully saturated rings. The molecule has 2 aliphatic carbocycles. The molecule has 2 aromatic rings. The van der Waals surface area contributed by atoms with Gasteiger partial charge in [-0.1, -0.05) is 6.92 Å². The minimum atomic E-state index is -1.51. The van der Waals surface area contributed by atoms with E-state index in [2.05, 4.69) is 10.3 Å². The molecule has 1 N–H and O–H groups in total. The van der Waals surface area contributed by atoms with Crippen LogP contribution in [0.15, 0.2) is 6.07 Å². The highest BCUT2D eigenvalue weighted by atomic mass is 19.2. The van der Waals surface area contributed by atoms with Crippen molar-refractivity contribution in [2.45, 2.75) is 57.9 Å². The van der Waals surface area contributed by atoms with Crippen LogP contribution in [-0.2, 0) is 10.3 Å². The number of nitrogens with one attached hydrogen (secondary N) is 1. The van der Waals surface area contributed by atoms with Gasteiger partial charge in [-0.2, -0.15) is 0 Å². The van der Waals surface area contributed by atoms with Gasteiger partial charge in [-0.15, -0.1) is 0 Å². The van der Waals surface area contributed by atoms with Gasteiger partial charge in [0.05, 0.1) is 5.52 Å². The van der Waals surface area contributed by atoms with Crippen molar-refractivity contribution >= 4 is 22.9 Å². The first-order chi connectivity index (χ1) is 11.7. The van der Waals surface area contributed by atoms with Crippen LogP contribution in [0.1, 0.15) is 52.4 Å². The number of rotatable bonds is 4. The summed E-state index contributed by atoms with van der Waals surface area (Å²) in [5, 5.41) is 2.74. The Bertz CT molecular complexity index is 882. The smallest absolute Gasteiger partial charge is 0.227 e. The van der Waals surface area contributed by atoms with Crippen molar-refractivity contribution in [2.75, 3.05) is 5.32 Å². The molecular formula is C18H20F3N3O. The highest BCUT2D eigenvalue weighted by molar-refractivity contribution is 5.92. The number of fused-ring (bicyclic) bond motifs is 1. The fourth-order valence-corrected chi connectivity index (χ4v) is 3.61. The third-order valence-electron chi connectivity index (χ3n) is 5.69. The zero-order chi connectivity index (χ0) is 18.0. The molecule has 25 heavy (non-hydrogen) atoms. The van der Waals surface area contributed by atoms with Crippen molar-refractivity contribution in [1.29, 1.82) is 0 Å². The Labute approximate surface area is 143 Å². The first-order valence-electron chi connectivity index (χ1n) is 8.59. The average Bonchev–Trinajstić information content (AvgIpc) is 3.11. The Balaban J connectivity index is 1.81. The summed E-state index contributed by atoms with van der Waals surface area (Å²) in [7, 11) is 0. The van der Waals surface area contributed by atoms with Crippen LogP contribution < -0.4 is 5.32 Å². The van der Waals surface area contributed by atoms with Crippen molar-refractivity contribution in [1.82, 2.24) is 9.55 Å².